The van der Waals surface area contributed by atoms with Gasteiger partial charge in [0.05, 0.1) is 13.2 Å². The molecule has 1 aromatic rings. The van der Waals surface area contributed by atoms with Crippen molar-refractivity contribution in [3.63, 3.8) is 0 Å². The van der Waals surface area contributed by atoms with E-state index in [4.69, 9.17) is 4.74 Å². The molecule has 2 rings (SSSR count). The molecular formula is C12H18N2O4S. The average molecular weight is 286 g/mol. The molecule has 1 saturated heterocycles. The Morgan fingerprint density at radius 3 is 2.63 bits per heavy atom. The van der Waals surface area contributed by atoms with Crippen molar-refractivity contribution >= 4 is 10.0 Å². The Morgan fingerprint density at radius 1 is 1.26 bits per heavy atom. The Morgan fingerprint density at radius 2 is 1.95 bits per heavy atom. The molecule has 0 radical (unpaired) electrons. The number of phenols is 1. The number of phenolic OH excluding ortho intramolecular Hbond substituents is 1. The van der Waals surface area contributed by atoms with Crippen molar-refractivity contribution in [3.05, 3.63) is 24.3 Å². The second-order valence-corrected chi connectivity index (χ2v) is 6.05. The van der Waals surface area contributed by atoms with E-state index in [1.807, 2.05) is 0 Å². The van der Waals surface area contributed by atoms with Gasteiger partial charge in [-0.05, 0) is 12.1 Å². The van der Waals surface area contributed by atoms with E-state index in [9.17, 15) is 13.5 Å². The van der Waals surface area contributed by atoms with E-state index in [2.05, 4.69) is 9.62 Å². The third-order valence-electron chi connectivity index (χ3n) is 2.98. The Kier molecular flexibility index (Phi) is 4.76. The third-order valence-corrected chi connectivity index (χ3v) is 4.49. The molecule has 0 saturated carbocycles. The highest BCUT2D eigenvalue weighted by Crippen LogP contribution is 2.20. The lowest BCUT2D eigenvalue weighted by Gasteiger charge is -2.26. The molecule has 1 heterocycles. The lowest BCUT2D eigenvalue weighted by molar-refractivity contribution is 0.0390. The number of hydrogen-bond donors (Lipinski definition) is 2. The van der Waals surface area contributed by atoms with Crippen molar-refractivity contribution in [2.75, 3.05) is 39.4 Å². The summed E-state index contributed by atoms with van der Waals surface area (Å²) in [6, 6.07) is 5.90. The van der Waals surface area contributed by atoms with Crippen LogP contribution in [0.5, 0.6) is 5.75 Å². The number of rotatable bonds is 5. The van der Waals surface area contributed by atoms with E-state index >= 15 is 0 Å². The van der Waals surface area contributed by atoms with E-state index < -0.39 is 10.0 Å². The minimum atomic E-state index is -3.65. The lowest BCUT2D eigenvalue weighted by atomic mass is 10.3. The molecule has 1 aliphatic heterocycles. The fraction of sp³-hybridized carbons (Fsp3) is 0.500. The van der Waals surface area contributed by atoms with Crippen molar-refractivity contribution in [1.29, 1.82) is 0 Å². The highest BCUT2D eigenvalue weighted by Gasteiger charge is 2.18. The molecule has 0 aliphatic carbocycles. The van der Waals surface area contributed by atoms with Gasteiger partial charge in [-0.3, -0.25) is 4.90 Å². The van der Waals surface area contributed by atoms with Crippen LogP contribution in [0.2, 0.25) is 0 Å². The van der Waals surface area contributed by atoms with Crippen LogP contribution in [0.25, 0.3) is 0 Å². The van der Waals surface area contributed by atoms with Gasteiger partial charge in [0.25, 0.3) is 0 Å². The molecule has 0 atom stereocenters. The molecule has 0 amide bonds. The molecule has 0 unspecified atom stereocenters. The maximum absolute atomic E-state index is 12.0. The van der Waals surface area contributed by atoms with Gasteiger partial charge in [0.15, 0.2) is 0 Å². The number of para-hydroxylation sites is 1. The predicted molar refractivity (Wildman–Crippen MR) is 70.6 cm³/mol. The predicted octanol–water partition coefficient (Wildman–Crippen LogP) is 0.00270. The molecule has 19 heavy (non-hydrogen) atoms. The van der Waals surface area contributed by atoms with E-state index in [1.165, 1.54) is 12.1 Å². The van der Waals surface area contributed by atoms with Crippen LogP contribution >= 0.6 is 0 Å². The summed E-state index contributed by atoms with van der Waals surface area (Å²) in [6.07, 6.45) is 0. The van der Waals surface area contributed by atoms with Crippen molar-refractivity contribution in [2.24, 2.45) is 0 Å². The zero-order valence-electron chi connectivity index (χ0n) is 10.6. The molecule has 6 nitrogen and oxygen atoms in total. The van der Waals surface area contributed by atoms with Crippen LogP contribution < -0.4 is 4.72 Å². The summed E-state index contributed by atoms with van der Waals surface area (Å²) < 4.78 is 31.7. The van der Waals surface area contributed by atoms with Gasteiger partial charge in [-0.1, -0.05) is 12.1 Å². The van der Waals surface area contributed by atoms with Crippen LogP contribution in [-0.4, -0.2) is 57.8 Å². The van der Waals surface area contributed by atoms with Crippen LogP contribution in [0.3, 0.4) is 0 Å². The number of benzene rings is 1. The maximum atomic E-state index is 12.0. The molecular weight excluding hydrogens is 268 g/mol. The first-order valence-corrected chi connectivity index (χ1v) is 7.66. The number of morpholine rings is 1. The fourth-order valence-corrected chi connectivity index (χ4v) is 3.04. The summed E-state index contributed by atoms with van der Waals surface area (Å²) in [7, 11) is -3.65. The summed E-state index contributed by atoms with van der Waals surface area (Å²) in [4.78, 5) is 2.05. The highest BCUT2D eigenvalue weighted by molar-refractivity contribution is 7.89. The summed E-state index contributed by atoms with van der Waals surface area (Å²) >= 11 is 0. The number of nitrogens with one attached hydrogen (secondary N) is 1. The van der Waals surface area contributed by atoms with Gasteiger partial charge >= 0.3 is 0 Å². The molecule has 106 valence electrons. The minimum absolute atomic E-state index is 0.0861. The normalized spacial score (nSPS) is 17.5. The molecule has 7 heteroatoms. The number of hydrogen-bond acceptors (Lipinski definition) is 5. The first-order chi connectivity index (χ1) is 9.09. The molecule has 1 aromatic carbocycles. The van der Waals surface area contributed by atoms with Crippen molar-refractivity contribution in [3.8, 4) is 5.75 Å². The highest BCUT2D eigenvalue weighted by atomic mass is 32.2. The van der Waals surface area contributed by atoms with Crippen molar-refractivity contribution in [1.82, 2.24) is 9.62 Å². The van der Waals surface area contributed by atoms with Gasteiger partial charge in [0.2, 0.25) is 10.0 Å². The zero-order chi connectivity index (χ0) is 13.7. The summed E-state index contributed by atoms with van der Waals surface area (Å²) in [5, 5.41) is 9.55. The quantitative estimate of drug-likeness (QED) is 0.797. The standard InChI is InChI=1S/C12H18N2O4S/c15-11-3-1-2-4-12(11)19(16,17)13-5-6-14-7-9-18-10-8-14/h1-4,13,15H,5-10H2. The summed E-state index contributed by atoms with van der Waals surface area (Å²) in [6.45, 7) is 3.96. The largest absolute Gasteiger partial charge is 0.507 e. The van der Waals surface area contributed by atoms with Crippen LogP contribution in [-0.2, 0) is 14.8 Å². The van der Waals surface area contributed by atoms with Gasteiger partial charge < -0.3 is 9.84 Å². The van der Waals surface area contributed by atoms with Crippen LogP contribution in [0.1, 0.15) is 0 Å². The van der Waals surface area contributed by atoms with Gasteiger partial charge in [0.1, 0.15) is 10.6 Å². The smallest absolute Gasteiger partial charge is 0.244 e. The number of ether oxygens (including phenoxy) is 1. The average Bonchev–Trinajstić information content (AvgIpc) is 2.40. The molecule has 1 aliphatic rings. The van der Waals surface area contributed by atoms with Gasteiger partial charge in [-0.25, -0.2) is 13.1 Å². The fourth-order valence-electron chi connectivity index (χ4n) is 1.93. The summed E-state index contributed by atoms with van der Waals surface area (Å²) in [5.74, 6) is -0.235. The van der Waals surface area contributed by atoms with Gasteiger partial charge in [0, 0.05) is 26.2 Å². The van der Waals surface area contributed by atoms with Gasteiger partial charge in [-0.2, -0.15) is 0 Å². The van der Waals surface area contributed by atoms with E-state index in [0.29, 0.717) is 26.3 Å². The molecule has 0 bridgehead atoms. The minimum Gasteiger partial charge on any atom is -0.507 e. The first kappa shape index (κ1) is 14.3. The summed E-state index contributed by atoms with van der Waals surface area (Å²) in [5.41, 5.74) is 0. The first-order valence-electron chi connectivity index (χ1n) is 6.17. The lowest BCUT2D eigenvalue weighted by Crippen LogP contribution is -2.41. The van der Waals surface area contributed by atoms with E-state index in [0.717, 1.165) is 13.1 Å². The third kappa shape index (κ3) is 3.90. The monoisotopic (exact) mass is 286 g/mol. The second kappa shape index (κ2) is 6.33. The van der Waals surface area contributed by atoms with Crippen LogP contribution in [0.15, 0.2) is 29.2 Å². The van der Waals surface area contributed by atoms with Crippen LogP contribution in [0.4, 0.5) is 0 Å². The van der Waals surface area contributed by atoms with Crippen LogP contribution in [0, 0.1) is 0 Å². The van der Waals surface area contributed by atoms with E-state index in [1.54, 1.807) is 12.1 Å². The molecule has 1 fully saturated rings. The molecule has 0 spiro atoms. The number of sulfonamides is 1. The number of nitrogens with zero attached hydrogens (tertiary/aromatic N) is 1. The Balaban J connectivity index is 1.89. The Hall–Kier alpha value is -1.15. The molecule has 2 N–H and O–H groups in total. The maximum Gasteiger partial charge on any atom is 0.244 e. The van der Waals surface area contributed by atoms with Gasteiger partial charge in [-0.15, -0.1) is 0 Å². The topological polar surface area (TPSA) is 78.9 Å². The van der Waals surface area contributed by atoms with Crippen molar-refractivity contribution in [2.45, 2.75) is 4.90 Å². The van der Waals surface area contributed by atoms with Crippen molar-refractivity contribution < 1.29 is 18.3 Å². The molecule has 0 aromatic heterocycles. The second-order valence-electron chi connectivity index (χ2n) is 4.32. The SMILES string of the molecule is O=S(=O)(NCCN1CCOCC1)c1ccccc1O. The Bertz CT molecular complexity index is 512. The van der Waals surface area contributed by atoms with E-state index in [-0.39, 0.29) is 10.6 Å². The Labute approximate surface area is 113 Å². The zero-order valence-corrected chi connectivity index (χ0v) is 11.4. The number of aromatic hydroxyl groups is 1.